The van der Waals surface area contributed by atoms with E-state index < -0.39 is 0 Å². The second-order valence-corrected chi connectivity index (χ2v) is 5.01. The van der Waals surface area contributed by atoms with Gasteiger partial charge in [0.15, 0.2) is 0 Å². The van der Waals surface area contributed by atoms with Gasteiger partial charge in [-0.25, -0.2) is 4.79 Å². The van der Waals surface area contributed by atoms with Crippen LogP contribution in [0.2, 0.25) is 0 Å². The zero-order chi connectivity index (χ0) is 13.4. The van der Waals surface area contributed by atoms with Gasteiger partial charge < -0.3 is 9.64 Å². The van der Waals surface area contributed by atoms with Crippen molar-refractivity contribution in [2.45, 2.75) is 12.6 Å². The first-order valence-corrected chi connectivity index (χ1v) is 6.38. The van der Waals surface area contributed by atoms with Crippen molar-refractivity contribution < 1.29 is 14.3 Å². The third kappa shape index (κ3) is 2.00. The Morgan fingerprint density at radius 1 is 1.21 bits per heavy atom. The zero-order valence-electron chi connectivity index (χ0n) is 10.8. The molecule has 100 valence electrons. The summed E-state index contributed by atoms with van der Waals surface area (Å²) >= 11 is 0. The number of hydrogen-bond donors (Lipinski definition) is 0. The topological polar surface area (TPSA) is 49.9 Å². The van der Waals surface area contributed by atoms with Gasteiger partial charge in [-0.15, -0.1) is 0 Å². The predicted octanol–water partition coefficient (Wildman–Crippen LogP) is 1.10. The highest BCUT2D eigenvalue weighted by molar-refractivity contribution is 5.98. The number of rotatable bonds is 2. The van der Waals surface area contributed by atoms with Crippen LogP contribution in [-0.4, -0.2) is 48.0 Å². The summed E-state index contributed by atoms with van der Waals surface area (Å²) in [6, 6.07) is 9.21. The van der Waals surface area contributed by atoms with Crippen molar-refractivity contribution in [1.82, 2.24) is 9.80 Å². The molecule has 0 N–H and O–H groups in total. The molecule has 2 aliphatic rings. The lowest BCUT2D eigenvalue weighted by Crippen LogP contribution is -2.59. The number of likely N-dealkylation sites (N-methyl/N-ethyl adjacent to an activating group) is 1. The van der Waals surface area contributed by atoms with Gasteiger partial charge in [0.25, 0.3) is 0 Å². The fourth-order valence-electron chi connectivity index (χ4n) is 2.70. The van der Waals surface area contributed by atoms with Crippen molar-refractivity contribution in [3.05, 3.63) is 35.9 Å². The standard InChI is InChI=1S/C14H16N2O3/c1-15-12-9-19-8-11(12)13(17)16(14(15)18)7-10-5-3-2-4-6-10/h2-6,11-12H,7-9H2,1H3. The van der Waals surface area contributed by atoms with Crippen LogP contribution in [0.15, 0.2) is 30.3 Å². The third-order valence-electron chi connectivity index (χ3n) is 3.85. The first-order chi connectivity index (χ1) is 9.18. The fraction of sp³-hybridized carbons (Fsp3) is 0.429. The van der Waals surface area contributed by atoms with E-state index in [0.29, 0.717) is 19.8 Å². The summed E-state index contributed by atoms with van der Waals surface area (Å²) in [4.78, 5) is 27.6. The van der Waals surface area contributed by atoms with E-state index >= 15 is 0 Å². The molecule has 3 rings (SSSR count). The lowest BCUT2D eigenvalue weighted by Gasteiger charge is -2.39. The van der Waals surface area contributed by atoms with Crippen LogP contribution >= 0.6 is 0 Å². The Kier molecular flexibility index (Phi) is 2.98. The van der Waals surface area contributed by atoms with Gasteiger partial charge in [0.1, 0.15) is 0 Å². The second kappa shape index (κ2) is 4.66. The molecular formula is C14H16N2O3. The van der Waals surface area contributed by atoms with E-state index in [9.17, 15) is 9.59 Å². The highest BCUT2D eigenvalue weighted by Crippen LogP contribution is 2.28. The van der Waals surface area contributed by atoms with Crippen molar-refractivity contribution in [1.29, 1.82) is 0 Å². The number of fused-ring (bicyclic) bond motifs is 1. The molecule has 2 atom stereocenters. The number of benzene rings is 1. The number of nitrogens with zero attached hydrogens (tertiary/aromatic N) is 2. The van der Waals surface area contributed by atoms with Crippen LogP contribution in [-0.2, 0) is 16.1 Å². The largest absolute Gasteiger partial charge is 0.378 e. The van der Waals surface area contributed by atoms with E-state index in [1.54, 1.807) is 11.9 Å². The molecular weight excluding hydrogens is 244 g/mol. The van der Waals surface area contributed by atoms with Crippen molar-refractivity contribution in [2.24, 2.45) is 5.92 Å². The zero-order valence-corrected chi connectivity index (χ0v) is 10.8. The molecule has 0 radical (unpaired) electrons. The van der Waals surface area contributed by atoms with Crippen molar-refractivity contribution in [3.8, 4) is 0 Å². The van der Waals surface area contributed by atoms with Gasteiger partial charge in [-0.2, -0.15) is 0 Å². The molecule has 2 heterocycles. The number of carbonyl (C=O) groups is 2. The predicted molar refractivity (Wildman–Crippen MR) is 68.2 cm³/mol. The van der Waals surface area contributed by atoms with Gasteiger partial charge in [0.05, 0.1) is 31.7 Å². The normalized spacial score (nSPS) is 26.8. The third-order valence-corrected chi connectivity index (χ3v) is 3.85. The molecule has 3 amide bonds. The summed E-state index contributed by atoms with van der Waals surface area (Å²) in [6.45, 7) is 1.19. The van der Waals surface area contributed by atoms with E-state index in [-0.39, 0.29) is 23.9 Å². The van der Waals surface area contributed by atoms with E-state index in [2.05, 4.69) is 0 Å². The van der Waals surface area contributed by atoms with Crippen LogP contribution in [0.1, 0.15) is 5.56 Å². The van der Waals surface area contributed by atoms with Gasteiger partial charge in [-0.05, 0) is 5.56 Å². The lowest BCUT2D eigenvalue weighted by molar-refractivity contribution is -0.137. The maximum atomic E-state index is 12.4. The molecule has 1 aromatic carbocycles. The van der Waals surface area contributed by atoms with Crippen LogP contribution in [0.5, 0.6) is 0 Å². The average Bonchev–Trinajstić information content (AvgIpc) is 2.92. The monoisotopic (exact) mass is 260 g/mol. The summed E-state index contributed by atoms with van der Waals surface area (Å²) in [7, 11) is 1.74. The Morgan fingerprint density at radius 3 is 2.68 bits per heavy atom. The molecule has 5 heteroatoms. The van der Waals surface area contributed by atoms with Gasteiger partial charge in [0, 0.05) is 7.05 Å². The molecule has 2 fully saturated rings. The van der Waals surface area contributed by atoms with E-state index in [0.717, 1.165) is 5.56 Å². The summed E-state index contributed by atoms with van der Waals surface area (Å²) in [5, 5.41) is 0. The molecule has 2 saturated heterocycles. The molecule has 2 aliphatic heterocycles. The first kappa shape index (κ1) is 12.2. The van der Waals surface area contributed by atoms with Gasteiger partial charge >= 0.3 is 6.03 Å². The Bertz CT molecular complexity index is 503. The lowest BCUT2D eigenvalue weighted by atomic mass is 9.98. The van der Waals surface area contributed by atoms with Crippen LogP contribution in [0, 0.1) is 5.92 Å². The minimum Gasteiger partial charge on any atom is -0.378 e. The smallest absolute Gasteiger partial charge is 0.327 e. The highest BCUT2D eigenvalue weighted by Gasteiger charge is 2.47. The molecule has 5 nitrogen and oxygen atoms in total. The van der Waals surface area contributed by atoms with Crippen LogP contribution in [0.25, 0.3) is 0 Å². The molecule has 2 unspecified atom stereocenters. The average molecular weight is 260 g/mol. The quantitative estimate of drug-likeness (QED) is 0.800. The fourth-order valence-corrected chi connectivity index (χ4v) is 2.70. The summed E-state index contributed by atoms with van der Waals surface area (Å²) in [5.74, 6) is -0.333. The van der Waals surface area contributed by atoms with Gasteiger partial charge in [-0.3, -0.25) is 9.69 Å². The molecule has 0 spiro atoms. The van der Waals surface area contributed by atoms with E-state index in [1.165, 1.54) is 4.90 Å². The Labute approximate surface area is 111 Å². The number of hydrogen-bond acceptors (Lipinski definition) is 3. The number of carbonyl (C=O) groups excluding carboxylic acids is 2. The molecule has 0 bridgehead atoms. The highest BCUT2D eigenvalue weighted by atomic mass is 16.5. The van der Waals surface area contributed by atoms with Crippen LogP contribution in [0.4, 0.5) is 4.79 Å². The summed E-state index contributed by atoms with van der Waals surface area (Å²) in [6.07, 6.45) is 0. The Morgan fingerprint density at radius 2 is 1.95 bits per heavy atom. The minimum atomic E-state index is -0.236. The van der Waals surface area contributed by atoms with Crippen molar-refractivity contribution >= 4 is 11.9 Å². The van der Waals surface area contributed by atoms with Crippen LogP contribution < -0.4 is 0 Å². The summed E-state index contributed by atoms with van der Waals surface area (Å²) < 4.78 is 5.34. The van der Waals surface area contributed by atoms with Crippen molar-refractivity contribution in [2.75, 3.05) is 20.3 Å². The number of amides is 3. The Hall–Kier alpha value is -1.88. The molecule has 19 heavy (non-hydrogen) atoms. The van der Waals surface area contributed by atoms with Crippen LogP contribution in [0.3, 0.4) is 0 Å². The van der Waals surface area contributed by atoms with Gasteiger partial charge in [0.2, 0.25) is 5.91 Å². The van der Waals surface area contributed by atoms with E-state index in [4.69, 9.17) is 4.74 Å². The maximum absolute atomic E-state index is 12.4. The molecule has 0 saturated carbocycles. The minimum absolute atomic E-state index is 0.105. The number of urea groups is 1. The van der Waals surface area contributed by atoms with Gasteiger partial charge in [-0.1, -0.05) is 30.3 Å². The first-order valence-electron chi connectivity index (χ1n) is 6.38. The molecule has 1 aromatic rings. The Balaban J connectivity index is 1.84. The number of imide groups is 1. The molecule has 0 aromatic heterocycles. The van der Waals surface area contributed by atoms with Crippen molar-refractivity contribution in [3.63, 3.8) is 0 Å². The summed E-state index contributed by atoms with van der Waals surface area (Å²) in [5.41, 5.74) is 0.954. The van der Waals surface area contributed by atoms with E-state index in [1.807, 2.05) is 30.3 Å². The molecule has 0 aliphatic carbocycles. The SMILES string of the molecule is CN1C(=O)N(Cc2ccccc2)C(=O)C2COCC21. The maximum Gasteiger partial charge on any atom is 0.327 e. The second-order valence-electron chi connectivity index (χ2n) is 5.01. The number of ether oxygens (including phenoxy) is 1.